The Bertz CT molecular complexity index is 435. The van der Waals surface area contributed by atoms with E-state index < -0.39 is 5.97 Å². The van der Waals surface area contributed by atoms with Crippen LogP contribution in [0, 0.1) is 11.8 Å². The summed E-state index contributed by atoms with van der Waals surface area (Å²) in [6, 6.07) is 1.27. The van der Waals surface area contributed by atoms with Crippen LogP contribution in [0.1, 0.15) is 22.3 Å². The third kappa shape index (κ3) is 3.43. The van der Waals surface area contributed by atoms with Gasteiger partial charge in [-0.3, -0.25) is 0 Å². The lowest BCUT2D eigenvalue weighted by Crippen LogP contribution is -2.00. The number of pyridine rings is 1. The Kier molecular flexibility index (Phi) is 4.41. The summed E-state index contributed by atoms with van der Waals surface area (Å²) in [5, 5.41) is 9.00. The second-order valence-corrected chi connectivity index (χ2v) is 3.36. The molecule has 0 saturated heterocycles. The van der Waals surface area contributed by atoms with E-state index in [0.717, 1.165) is 0 Å². The van der Waals surface area contributed by atoms with Gasteiger partial charge >= 0.3 is 5.97 Å². The largest absolute Gasteiger partial charge is 0.478 e. The van der Waals surface area contributed by atoms with Crippen LogP contribution in [0.3, 0.4) is 0 Å². The molecule has 0 atom stereocenters. The molecule has 0 amide bonds. The summed E-state index contributed by atoms with van der Waals surface area (Å²) in [7, 11) is 0. The van der Waals surface area contributed by atoms with E-state index in [9.17, 15) is 4.79 Å². The Hall–Kier alpha value is -1.24. The second-order valence-electron chi connectivity index (χ2n) is 2.60. The van der Waals surface area contributed by atoms with Gasteiger partial charge in [-0.25, -0.2) is 9.78 Å². The SMILES string of the molecule is O=C(O)c1cc(Cl)ncc1C#CCCCl. The molecule has 3 nitrogen and oxygen atoms in total. The van der Waals surface area contributed by atoms with Gasteiger partial charge in [-0.1, -0.05) is 23.4 Å². The Morgan fingerprint density at radius 1 is 1.60 bits per heavy atom. The molecule has 0 fully saturated rings. The highest BCUT2D eigenvalue weighted by Gasteiger charge is 2.09. The van der Waals surface area contributed by atoms with Crippen LogP contribution < -0.4 is 0 Å². The van der Waals surface area contributed by atoms with Gasteiger partial charge in [-0.15, -0.1) is 11.6 Å². The molecule has 0 spiro atoms. The number of hydrogen-bond acceptors (Lipinski definition) is 2. The maximum atomic E-state index is 10.8. The smallest absolute Gasteiger partial charge is 0.337 e. The van der Waals surface area contributed by atoms with Crippen molar-refractivity contribution in [2.24, 2.45) is 0 Å². The molecule has 0 radical (unpaired) electrons. The zero-order valence-corrected chi connectivity index (χ0v) is 9.14. The molecule has 1 rings (SSSR count). The molecular formula is C10H7Cl2NO2. The minimum atomic E-state index is -1.07. The van der Waals surface area contributed by atoms with Crippen LogP contribution in [0.5, 0.6) is 0 Å². The molecular weight excluding hydrogens is 237 g/mol. The highest BCUT2D eigenvalue weighted by atomic mass is 35.5. The van der Waals surface area contributed by atoms with Crippen molar-refractivity contribution in [2.45, 2.75) is 6.42 Å². The number of rotatable bonds is 2. The monoisotopic (exact) mass is 243 g/mol. The molecule has 0 aliphatic heterocycles. The fourth-order valence-corrected chi connectivity index (χ4v) is 1.16. The maximum Gasteiger partial charge on any atom is 0.337 e. The van der Waals surface area contributed by atoms with Crippen LogP contribution in [0.25, 0.3) is 0 Å². The normalized spacial score (nSPS) is 9.20. The van der Waals surface area contributed by atoms with Crippen LogP contribution in [0.2, 0.25) is 5.15 Å². The van der Waals surface area contributed by atoms with E-state index in [4.69, 9.17) is 28.3 Å². The summed E-state index contributed by atoms with van der Waals surface area (Å²) >= 11 is 11.0. The predicted molar refractivity (Wildman–Crippen MR) is 58.4 cm³/mol. The average Bonchev–Trinajstić information content (AvgIpc) is 2.20. The Morgan fingerprint density at radius 2 is 2.33 bits per heavy atom. The standard InChI is InChI=1S/C10H7Cl2NO2/c11-4-2-1-3-7-6-13-9(12)5-8(7)10(14)15/h5-6H,2,4H2,(H,14,15). The van der Waals surface area contributed by atoms with E-state index in [0.29, 0.717) is 17.9 Å². The van der Waals surface area contributed by atoms with E-state index in [1.807, 2.05) is 0 Å². The molecule has 0 bridgehead atoms. The first-order valence-corrected chi connectivity index (χ1v) is 5.00. The van der Waals surface area contributed by atoms with Gasteiger partial charge in [0.2, 0.25) is 0 Å². The Balaban J connectivity index is 3.08. The van der Waals surface area contributed by atoms with Gasteiger partial charge in [0.05, 0.1) is 11.1 Å². The fraction of sp³-hybridized carbons (Fsp3) is 0.200. The molecule has 0 unspecified atom stereocenters. The predicted octanol–water partition coefficient (Wildman–Crippen LogP) is 2.41. The lowest BCUT2D eigenvalue weighted by molar-refractivity contribution is 0.0696. The van der Waals surface area contributed by atoms with Crippen LogP contribution in [-0.2, 0) is 0 Å². The minimum Gasteiger partial charge on any atom is -0.478 e. The minimum absolute atomic E-state index is 0.0528. The Morgan fingerprint density at radius 3 is 2.93 bits per heavy atom. The highest BCUT2D eigenvalue weighted by Crippen LogP contribution is 2.12. The quantitative estimate of drug-likeness (QED) is 0.493. The first-order valence-electron chi connectivity index (χ1n) is 4.09. The van der Waals surface area contributed by atoms with Crippen molar-refractivity contribution in [3.05, 3.63) is 28.5 Å². The van der Waals surface area contributed by atoms with Gasteiger partial charge < -0.3 is 5.11 Å². The van der Waals surface area contributed by atoms with Gasteiger partial charge in [0, 0.05) is 18.5 Å². The zero-order chi connectivity index (χ0) is 11.3. The molecule has 5 heteroatoms. The molecule has 0 aliphatic rings. The molecule has 1 N–H and O–H groups in total. The fourth-order valence-electron chi connectivity index (χ4n) is 0.911. The maximum absolute atomic E-state index is 10.8. The number of aromatic carboxylic acids is 1. The molecule has 15 heavy (non-hydrogen) atoms. The lowest BCUT2D eigenvalue weighted by Gasteiger charge is -1.98. The summed E-state index contributed by atoms with van der Waals surface area (Å²) in [6.45, 7) is 0. The van der Waals surface area contributed by atoms with Gasteiger partial charge in [-0.2, -0.15) is 0 Å². The molecule has 1 aromatic rings. The number of carboxylic acids is 1. The molecule has 78 valence electrons. The van der Waals surface area contributed by atoms with Crippen LogP contribution in [0.15, 0.2) is 12.3 Å². The number of carbonyl (C=O) groups is 1. The van der Waals surface area contributed by atoms with Crippen molar-refractivity contribution in [3.63, 3.8) is 0 Å². The number of halogens is 2. The van der Waals surface area contributed by atoms with Crippen LogP contribution in [-0.4, -0.2) is 21.9 Å². The van der Waals surface area contributed by atoms with Gasteiger partial charge in [-0.05, 0) is 6.07 Å². The third-order valence-electron chi connectivity index (χ3n) is 1.54. The van der Waals surface area contributed by atoms with E-state index >= 15 is 0 Å². The summed E-state index contributed by atoms with van der Waals surface area (Å²) in [6.07, 6.45) is 1.84. The second kappa shape index (κ2) is 5.59. The number of hydrogen-bond donors (Lipinski definition) is 1. The van der Waals surface area contributed by atoms with Crippen molar-refractivity contribution in [2.75, 3.05) is 5.88 Å². The highest BCUT2D eigenvalue weighted by molar-refractivity contribution is 6.29. The van der Waals surface area contributed by atoms with E-state index in [-0.39, 0.29) is 10.7 Å². The van der Waals surface area contributed by atoms with Gasteiger partial charge in [0.15, 0.2) is 0 Å². The van der Waals surface area contributed by atoms with E-state index in [2.05, 4.69) is 16.8 Å². The average molecular weight is 244 g/mol. The van der Waals surface area contributed by atoms with Gasteiger partial charge in [0.1, 0.15) is 5.15 Å². The van der Waals surface area contributed by atoms with Gasteiger partial charge in [0.25, 0.3) is 0 Å². The molecule has 0 saturated carbocycles. The molecule has 1 heterocycles. The summed E-state index contributed by atoms with van der Waals surface area (Å²) in [4.78, 5) is 14.6. The number of alkyl halides is 1. The number of aromatic nitrogens is 1. The number of nitrogens with zero attached hydrogens (tertiary/aromatic N) is 1. The first kappa shape index (κ1) is 11.8. The summed E-state index contributed by atoms with van der Waals surface area (Å²) in [5.41, 5.74) is 0.397. The van der Waals surface area contributed by atoms with Crippen molar-refractivity contribution < 1.29 is 9.90 Å². The molecule has 1 aromatic heterocycles. The zero-order valence-electron chi connectivity index (χ0n) is 7.63. The topological polar surface area (TPSA) is 50.2 Å². The van der Waals surface area contributed by atoms with E-state index in [1.54, 1.807) is 0 Å². The summed E-state index contributed by atoms with van der Waals surface area (Å²) in [5.74, 6) is 4.76. The van der Waals surface area contributed by atoms with Crippen molar-refractivity contribution in [3.8, 4) is 11.8 Å². The number of carboxylic acid groups (broad SMARTS) is 1. The molecule has 0 aromatic carbocycles. The summed E-state index contributed by atoms with van der Waals surface area (Å²) < 4.78 is 0. The lowest BCUT2D eigenvalue weighted by atomic mass is 10.1. The molecule has 0 aliphatic carbocycles. The van der Waals surface area contributed by atoms with Crippen LogP contribution >= 0.6 is 23.2 Å². The van der Waals surface area contributed by atoms with Crippen LogP contribution in [0.4, 0.5) is 0 Å². The van der Waals surface area contributed by atoms with Crippen molar-refractivity contribution >= 4 is 29.2 Å². The Labute approximate surface area is 97.0 Å². The van der Waals surface area contributed by atoms with Crippen molar-refractivity contribution in [1.82, 2.24) is 4.98 Å². The third-order valence-corrected chi connectivity index (χ3v) is 1.94. The first-order chi connectivity index (χ1) is 7.15. The van der Waals surface area contributed by atoms with E-state index in [1.165, 1.54) is 12.3 Å². The van der Waals surface area contributed by atoms with Crippen molar-refractivity contribution in [1.29, 1.82) is 0 Å².